The molecule has 4 aliphatic carbocycles. The van der Waals surface area contributed by atoms with Crippen LogP contribution >= 0.6 is 0 Å². The summed E-state index contributed by atoms with van der Waals surface area (Å²) < 4.78 is 0. The average molecular weight is 403 g/mol. The van der Waals surface area contributed by atoms with Crippen molar-refractivity contribution in [2.75, 3.05) is 20.2 Å². The predicted octanol–water partition coefficient (Wildman–Crippen LogP) is 5.22. The van der Waals surface area contributed by atoms with Crippen molar-refractivity contribution < 1.29 is 9.63 Å². The molecular formula is C25H42N2O2. The zero-order valence-electron chi connectivity index (χ0n) is 19.1. The number of hydrogen-bond acceptors (Lipinski definition) is 4. The number of oxime groups is 1. The Labute approximate surface area is 177 Å². The maximum absolute atomic E-state index is 12.6. The molecule has 4 aliphatic rings. The molecule has 1 unspecified atom stereocenters. The number of nitrogens with zero attached hydrogens (tertiary/aromatic N) is 1. The van der Waals surface area contributed by atoms with Gasteiger partial charge in [0.25, 0.3) is 0 Å². The van der Waals surface area contributed by atoms with E-state index in [0.29, 0.717) is 29.6 Å². The van der Waals surface area contributed by atoms with Crippen LogP contribution in [0.4, 0.5) is 0 Å². The summed E-state index contributed by atoms with van der Waals surface area (Å²) in [5.74, 6) is 4.11. The summed E-state index contributed by atoms with van der Waals surface area (Å²) in [6.07, 6.45) is 11.6. The van der Waals surface area contributed by atoms with Gasteiger partial charge in [-0.25, -0.2) is 0 Å². The van der Waals surface area contributed by atoms with E-state index in [1.54, 1.807) is 0 Å². The third-order valence-electron chi connectivity index (χ3n) is 9.77. The molecular weight excluding hydrogens is 360 g/mol. The van der Waals surface area contributed by atoms with Crippen molar-refractivity contribution in [2.24, 2.45) is 45.6 Å². The third-order valence-corrected chi connectivity index (χ3v) is 9.77. The highest BCUT2D eigenvalue weighted by Gasteiger charge is 2.61. The van der Waals surface area contributed by atoms with Crippen molar-refractivity contribution in [2.45, 2.75) is 85.0 Å². The van der Waals surface area contributed by atoms with Crippen LogP contribution in [-0.4, -0.2) is 31.7 Å². The lowest BCUT2D eigenvalue weighted by atomic mass is 9.43. The summed E-state index contributed by atoms with van der Waals surface area (Å²) in [4.78, 5) is 18.4. The number of ketones is 1. The average Bonchev–Trinajstić information content (AvgIpc) is 3.02. The third kappa shape index (κ3) is 3.47. The summed E-state index contributed by atoms with van der Waals surface area (Å²) in [5.41, 5.74) is 1.74. The molecule has 0 saturated heterocycles. The van der Waals surface area contributed by atoms with E-state index in [1.165, 1.54) is 37.8 Å². The Hall–Kier alpha value is -0.900. The molecule has 4 saturated carbocycles. The molecule has 4 rings (SSSR count). The molecule has 4 fully saturated rings. The first kappa shape index (κ1) is 21.3. The monoisotopic (exact) mass is 402 g/mol. The fourth-order valence-electron chi connectivity index (χ4n) is 8.18. The summed E-state index contributed by atoms with van der Waals surface area (Å²) in [7, 11) is 1.98. The van der Waals surface area contributed by atoms with Gasteiger partial charge < -0.3 is 10.2 Å². The highest BCUT2D eigenvalue weighted by atomic mass is 16.6. The lowest BCUT2D eigenvalue weighted by molar-refractivity contribution is -0.138. The van der Waals surface area contributed by atoms with E-state index >= 15 is 0 Å². The first-order chi connectivity index (χ1) is 14.0. The van der Waals surface area contributed by atoms with Gasteiger partial charge in [-0.1, -0.05) is 25.9 Å². The van der Waals surface area contributed by atoms with Crippen molar-refractivity contribution >= 4 is 11.5 Å². The van der Waals surface area contributed by atoms with Crippen molar-refractivity contribution in [1.29, 1.82) is 0 Å². The van der Waals surface area contributed by atoms with Crippen molar-refractivity contribution in [3.05, 3.63) is 0 Å². The Balaban J connectivity index is 1.50. The standard InChI is InChI=1S/C25H42N2O2/c1-5-17-19-8-7-18-20-9-10-23(28)25(20,3)13-11-21(18)24(19,2)14-12-22(17)27-29-16-6-15-26-4/h17-21,26H,5-16H2,1-4H3/b27-22+/t17-,18+,19?,20+,21+,24+,25+/m1/s1. The zero-order chi connectivity index (χ0) is 20.6. The number of Topliss-reactive ketones (excluding diaryl/α,β-unsaturated/α-hetero) is 1. The maximum atomic E-state index is 12.6. The van der Waals surface area contributed by atoms with Crippen molar-refractivity contribution in [1.82, 2.24) is 5.32 Å². The van der Waals surface area contributed by atoms with Gasteiger partial charge in [0.2, 0.25) is 0 Å². The van der Waals surface area contributed by atoms with E-state index in [9.17, 15) is 4.79 Å². The minimum absolute atomic E-state index is 0.00298. The van der Waals surface area contributed by atoms with Crippen LogP contribution in [0.2, 0.25) is 0 Å². The molecule has 0 spiro atoms. The van der Waals surface area contributed by atoms with Crippen molar-refractivity contribution in [3.63, 3.8) is 0 Å². The second kappa shape index (κ2) is 8.32. The number of nitrogens with one attached hydrogen (secondary N) is 1. The van der Waals surface area contributed by atoms with Crippen LogP contribution in [0.1, 0.15) is 85.0 Å². The minimum Gasteiger partial charge on any atom is -0.396 e. The number of hydrogen-bond donors (Lipinski definition) is 1. The van der Waals surface area contributed by atoms with Gasteiger partial charge in [-0.05, 0) is 100 Å². The number of fused-ring (bicyclic) bond motifs is 5. The fourth-order valence-corrected chi connectivity index (χ4v) is 8.18. The van der Waals surface area contributed by atoms with Gasteiger partial charge in [-0.2, -0.15) is 0 Å². The van der Waals surface area contributed by atoms with E-state index < -0.39 is 0 Å². The summed E-state index contributed by atoms with van der Waals surface area (Å²) in [6, 6.07) is 0. The molecule has 0 aromatic carbocycles. The molecule has 0 bridgehead atoms. The summed E-state index contributed by atoms with van der Waals surface area (Å²) >= 11 is 0. The van der Waals surface area contributed by atoms with Crippen LogP contribution in [-0.2, 0) is 9.63 Å². The Morgan fingerprint density at radius 1 is 1.07 bits per heavy atom. The molecule has 4 heteroatoms. The summed E-state index contributed by atoms with van der Waals surface area (Å²) in [5, 5.41) is 7.82. The minimum atomic E-state index is -0.00298. The van der Waals surface area contributed by atoms with Crippen LogP contribution < -0.4 is 5.32 Å². The molecule has 1 N–H and O–H groups in total. The molecule has 0 amide bonds. The molecule has 0 aliphatic heterocycles. The highest BCUT2D eigenvalue weighted by Crippen LogP contribution is 2.66. The molecule has 0 heterocycles. The predicted molar refractivity (Wildman–Crippen MR) is 118 cm³/mol. The van der Waals surface area contributed by atoms with E-state index in [0.717, 1.165) is 56.4 Å². The lowest BCUT2D eigenvalue weighted by Gasteiger charge is -2.61. The number of carbonyl (C=O) groups excluding carboxylic acids is 1. The van der Waals surface area contributed by atoms with Crippen LogP contribution in [0.5, 0.6) is 0 Å². The largest absolute Gasteiger partial charge is 0.396 e. The normalized spacial score (nSPS) is 45.6. The van der Waals surface area contributed by atoms with E-state index in [4.69, 9.17) is 4.84 Å². The Morgan fingerprint density at radius 3 is 2.66 bits per heavy atom. The van der Waals surface area contributed by atoms with Gasteiger partial charge in [0.05, 0.1) is 5.71 Å². The first-order valence-corrected chi connectivity index (χ1v) is 12.3. The van der Waals surface area contributed by atoms with Gasteiger partial charge in [-0.15, -0.1) is 0 Å². The van der Waals surface area contributed by atoms with Crippen LogP contribution in [0.3, 0.4) is 0 Å². The Morgan fingerprint density at radius 2 is 1.90 bits per heavy atom. The fraction of sp³-hybridized carbons (Fsp3) is 0.920. The van der Waals surface area contributed by atoms with E-state index in [2.05, 4.69) is 31.2 Å². The van der Waals surface area contributed by atoms with Gasteiger partial charge >= 0.3 is 0 Å². The van der Waals surface area contributed by atoms with Crippen LogP contribution in [0.15, 0.2) is 5.16 Å². The molecule has 7 atom stereocenters. The van der Waals surface area contributed by atoms with Gasteiger partial charge in [0, 0.05) is 17.8 Å². The smallest absolute Gasteiger partial charge is 0.139 e. The van der Waals surface area contributed by atoms with Crippen LogP contribution in [0.25, 0.3) is 0 Å². The molecule has 0 radical (unpaired) electrons. The molecule has 4 nitrogen and oxygen atoms in total. The molecule has 0 aromatic rings. The number of rotatable bonds is 6. The SMILES string of the molecule is CC[C@H]1/C(=N/OCCCNC)CC[C@@]2(C)C1CC[C@@H]1[C@@H]2CC[C@]2(C)C(=O)CC[C@@H]12. The quantitative estimate of drug-likeness (QED) is 0.490. The van der Waals surface area contributed by atoms with Crippen molar-refractivity contribution in [3.8, 4) is 0 Å². The maximum Gasteiger partial charge on any atom is 0.139 e. The second-order valence-corrected chi connectivity index (χ2v) is 10.9. The zero-order valence-corrected chi connectivity index (χ0v) is 19.1. The summed E-state index contributed by atoms with van der Waals surface area (Å²) in [6.45, 7) is 8.92. The lowest BCUT2D eigenvalue weighted by Crippen LogP contribution is -2.56. The van der Waals surface area contributed by atoms with Gasteiger partial charge in [0.15, 0.2) is 0 Å². The number of carbonyl (C=O) groups is 1. The van der Waals surface area contributed by atoms with E-state index in [-0.39, 0.29) is 5.41 Å². The second-order valence-electron chi connectivity index (χ2n) is 10.9. The Kier molecular flexibility index (Phi) is 6.12. The van der Waals surface area contributed by atoms with E-state index in [1.807, 2.05) is 7.05 Å². The first-order valence-electron chi connectivity index (χ1n) is 12.3. The topological polar surface area (TPSA) is 50.7 Å². The molecule has 29 heavy (non-hydrogen) atoms. The van der Waals surface area contributed by atoms with Gasteiger partial charge in [0.1, 0.15) is 12.4 Å². The highest BCUT2D eigenvalue weighted by molar-refractivity contribution is 5.88. The molecule has 0 aromatic heterocycles. The van der Waals surface area contributed by atoms with Gasteiger partial charge in [-0.3, -0.25) is 4.79 Å². The Bertz CT molecular complexity index is 647. The molecule has 164 valence electrons. The van der Waals surface area contributed by atoms with Crippen LogP contribution in [0, 0.1) is 40.4 Å².